The highest BCUT2D eigenvalue weighted by Gasteiger charge is 2.33. The smallest absolute Gasteiger partial charge is 0.317 e. The second-order valence-electron chi connectivity index (χ2n) is 8.14. The molecule has 3 rings (SSSR count). The number of morpholine rings is 1. The average Bonchev–Trinajstić information content (AvgIpc) is 3.04. The van der Waals surface area contributed by atoms with Gasteiger partial charge in [-0.3, -0.25) is 0 Å². The number of nitrogens with zero attached hydrogens (tertiary/aromatic N) is 2. The summed E-state index contributed by atoms with van der Waals surface area (Å²) in [5.41, 5.74) is 0. The van der Waals surface area contributed by atoms with Crippen molar-refractivity contribution in [1.29, 1.82) is 0 Å². The van der Waals surface area contributed by atoms with Gasteiger partial charge in [0.2, 0.25) is 0 Å². The lowest BCUT2D eigenvalue weighted by Gasteiger charge is -2.35. The highest BCUT2D eigenvalue weighted by molar-refractivity contribution is 5.75. The Morgan fingerprint density at radius 2 is 1.96 bits per heavy atom. The van der Waals surface area contributed by atoms with Crippen LogP contribution < -0.4 is 5.32 Å². The third-order valence-electron chi connectivity index (χ3n) is 6.17. The molecule has 2 saturated heterocycles. The fourth-order valence-electron chi connectivity index (χ4n) is 4.64. The van der Waals surface area contributed by atoms with Crippen LogP contribution >= 0.6 is 0 Å². The Kier molecular flexibility index (Phi) is 6.39. The van der Waals surface area contributed by atoms with Crippen molar-refractivity contribution < 1.29 is 9.53 Å². The van der Waals surface area contributed by atoms with Crippen molar-refractivity contribution in [3.63, 3.8) is 0 Å². The Morgan fingerprint density at radius 3 is 2.71 bits per heavy atom. The van der Waals surface area contributed by atoms with Gasteiger partial charge >= 0.3 is 6.03 Å². The molecular formula is C19H35N3O2. The normalized spacial score (nSPS) is 31.2. The van der Waals surface area contributed by atoms with Gasteiger partial charge in [0.1, 0.15) is 0 Å². The number of carbonyl (C=O) groups is 1. The van der Waals surface area contributed by atoms with Gasteiger partial charge in [-0.1, -0.05) is 32.1 Å². The fourth-order valence-corrected chi connectivity index (χ4v) is 4.64. The summed E-state index contributed by atoms with van der Waals surface area (Å²) < 4.78 is 5.85. The Bertz CT molecular complexity index is 411. The minimum Gasteiger partial charge on any atom is -0.373 e. The maximum Gasteiger partial charge on any atom is 0.317 e. The highest BCUT2D eigenvalue weighted by Crippen LogP contribution is 2.32. The fraction of sp³-hybridized carbons (Fsp3) is 0.947. The van der Waals surface area contributed by atoms with Gasteiger partial charge in [0.15, 0.2) is 0 Å². The highest BCUT2D eigenvalue weighted by atomic mass is 16.5. The van der Waals surface area contributed by atoms with E-state index in [1.54, 1.807) is 0 Å². The molecule has 1 aliphatic carbocycles. The van der Waals surface area contributed by atoms with E-state index in [1.165, 1.54) is 44.9 Å². The Morgan fingerprint density at radius 1 is 1.17 bits per heavy atom. The number of carbonyl (C=O) groups excluding carboxylic acids is 1. The molecule has 0 aromatic rings. The monoisotopic (exact) mass is 337 g/mol. The first-order chi connectivity index (χ1) is 11.6. The van der Waals surface area contributed by atoms with Crippen LogP contribution in [-0.4, -0.2) is 67.3 Å². The molecule has 5 nitrogen and oxygen atoms in total. The van der Waals surface area contributed by atoms with Crippen LogP contribution in [0.4, 0.5) is 4.79 Å². The van der Waals surface area contributed by atoms with Gasteiger partial charge in [-0.15, -0.1) is 0 Å². The molecule has 3 aliphatic rings. The van der Waals surface area contributed by atoms with E-state index in [0.717, 1.165) is 38.6 Å². The predicted molar refractivity (Wildman–Crippen MR) is 96.2 cm³/mol. The number of urea groups is 1. The van der Waals surface area contributed by atoms with E-state index in [-0.39, 0.29) is 18.2 Å². The number of rotatable bonds is 4. The summed E-state index contributed by atoms with van der Waals surface area (Å²) in [5, 5.41) is 3.21. The van der Waals surface area contributed by atoms with E-state index in [9.17, 15) is 4.79 Å². The molecule has 5 heteroatoms. The quantitative estimate of drug-likeness (QED) is 0.858. The molecule has 2 amide bonds. The lowest BCUT2D eigenvalue weighted by atomic mass is 9.84. The van der Waals surface area contributed by atoms with Crippen molar-refractivity contribution in [3.05, 3.63) is 0 Å². The van der Waals surface area contributed by atoms with Crippen molar-refractivity contribution in [2.45, 2.75) is 76.5 Å². The van der Waals surface area contributed by atoms with Crippen LogP contribution in [0.2, 0.25) is 0 Å². The molecule has 0 aromatic carbocycles. The molecule has 1 N–H and O–H groups in total. The average molecular weight is 338 g/mol. The van der Waals surface area contributed by atoms with Crippen molar-refractivity contribution >= 4 is 6.03 Å². The van der Waals surface area contributed by atoms with E-state index in [1.807, 2.05) is 0 Å². The molecule has 24 heavy (non-hydrogen) atoms. The molecule has 0 aromatic heterocycles. The van der Waals surface area contributed by atoms with Crippen LogP contribution in [0.25, 0.3) is 0 Å². The minimum atomic E-state index is 0.0659. The number of amides is 2. The molecular weight excluding hydrogens is 302 g/mol. The number of likely N-dealkylation sites (N-methyl/N-ethyl adjacent to an activating group) is 1. The summed E-state index contributed by atoms with van der Waals surface area (Å²) in [5.74, 6) is 0.838. The number of nitrogens with one attached hydrogen (secondary N) is 1. The van der Waals surface area contributed by atoms with Crippen molar-refractivity contribution in [2.24, 2.45) is 5.92 Å². The first kappa shape index (κ1) is 18.0. The summed E-state index contributed by atoms with van der Waals surface area (Å²) in [6.45, 7) is 5.63. The molecule has 2 heterocycles. The zero-order valence-corrected chi connectivity index (χ0v) is 15.5. The third kappa shape index (κ3) is 4.63. The lowest BCUT2D eigenvalue weighted by molar-refractivity contribution is -0.0341. The summed E-state index contributed by atoms with van der Waals surface area (Å²) in [4.78, 5) is 17.2. The topological polar surface area (TPSA) is 44.8 Å². The van der Waals surface area contributed by atoms with E-state index in [4.69, 9.17) is 4.74 Å². The standard InChI is InChI=1S/C19H35N3O2/c1-15(18-14-21(2)11-12-24-18)20-19(23)22-10-6-9-17(22)13-16-7-4-3-5-8-16/h15-18H,3-14H2,1-2H3,(H,20,23)/t15-,17-,18+/m0/s1. The summed E-state index contributed by atoms with van der Waals surface area (Å²) in [6.07, 6.45) is 10.5. The van der Waals surface area contributed by atoms with E-state index in [0.29, 0.717) is 6.04 Å². The second-order valence-corrected chi connectivity index (χ2v) is 8.14. The van der Waals surface area contributed by atoms with Crippen LogP contribution in [0.1, 0.15) is 58.3 Å². The first-order valence-corrected chi connectivity index (χ1v) is 10.0. The predicted octanol–water partition coefficient (Wildman–Crippen LogP) is 2.85. The molecule has 1 saturated carbocycles. The van der Waals surface area contributed by atoms with Crippen molar-refractivity contribution in [3.8, 4) is 0 Å². The van der Waals surface area contributed by atoms with Crippen molar-refractivity contribution in [2.75, 3.05) is 33.3 Å². The minimum absolute atomic E-state index is 0.0659. The molecule has 0 spiro atoms. The van der Waals surface area contributed by atoms with Gasteiger partial charge in [0.05, 0.1) is 18.8 Å². The molecule has 0 unspecified atom stereocenters. The number of likely N-dealkylation sites (tertiary alicyclic amines) is 1. The number of hydrogen-bond acceptors (Lipinski definition) is 3. The summed E-state index contributed by atoms with van der Waals surface area (Å²) >= 11 is 0. The largest absolute Gasteiger partial charge is 0.373 e. The zero-order chi connectivity index (χ0) is 16.9. The molecule has 3 atom stereocenters. The van der Waals surface area contributed by atoms with Crippen LogP contribution in [0, 0.1) is 5.92 Å². The van der Waals surface area contributed by atoms with Gasteiger partial charge in [0.25, 0.3) is 0 Å². The maximum absolute atomic E-state index is 12.8. The van der Waals surface area contributed by atoms with E-state index >= 15 is 0 Å². The van der Waals surface area contributed by atoms with Gasteiger partial charge in [0, 0.05) is 25.7 Å². The first-order valence-electron chi connectivity index (χ1n) is 10.0. The van der Waals surface area contributed by atoms with Crippen LogP contribution in [-0.2, 0) is 4.74 Å². The summed E-state index contributed by atoms with van der Waals surface area (Å²) in [7, 11) is 2.12. The molecule has 2 aliphatic heterocycles. The van der Waals surface area contributed by atoms with Gasteiger partial charge in [-0.05, 0) is 39.2 Å². The zero-order valence-electron chi connectivity index (χ0n) is 15.5. The summed E-state index contributed by atoms with van der Waals surface area (Å²) in [6, 6.07) is 0.643. The van der Waals surface area contributed by atoms with E-state index in [2.05, 4.69) is 29.1 Å². The molecule has 0 bridgehead atoms. The Labute approximate surface area is 147 Å². The van der Waals surface area contributed by atoms with Crippen LogP contribution in [0.15, 0.2) is 0 Å². The second kappa shape index (κ2) is 8.52. The SMILES string of the molecule is C[C@H](NC(=O)N1CCC[C@H]1CC1CCCCC1)[C@H]1CN(C)CCO1. The van der Waals surface area contributed by atoms with Gasteiger partial charge in [-0.25, -0.2) is 4.79 Å². The third-order valence-corrected chi connectivity index (χ3v) is 6.17. The lowest BCUT2D eigenvalue weighted by Crippen LogP contribution is -2.54. The molecule has 3 fully saturated rings. The van der Waals surface area contributed by atoms with E-state index < -0.39 is 0 Å². The Hall–Kier alpha value is -0.810. The van der Waals surface area contributed by atoms with Gasteiger partial charge < -0.3 is 19.9 Å². The number of hydrogen-bond donors (Lipinski definition) is 1. The van der Waals surface area contributed by atoms with Gasteiger partial charge in [-0.2, -0.15) is 0 Å². The number of ether oxygens (including phenoxy) is 1. The van der Waals surface area contributed by atoms with Crippen LogP contribution in [0.5, 0.6) is 0 Å². The Balaban J connectivity index is 1.49. The van der Waals surface area contributed by atoms with Crippen LogP contribution in [0.3, 0.4) is 0 Å². The maximum atomic E-state index is 12.8. The van der Waals surface area contributed by atoms with Crippen molar-refractivity contribution in [1.82, 2.24) is 15.1 Å². The molecule has 138 valence electrons. The molecule has 0 radical (unpaired) electrons.